The van der Waals surface area contributed by atoms with Gasteiger partial charge in [0.15, 0.2) is 33.3 Å². The van der Waals surface area contributed by atoms with E-state index in [0.717, 1.165) is 0 Å². The highest BCUT2D eigenvalue weighted by Gasteiger charge is 2.60. The van der Waals surface area contributed by atoms with Crippen LogP contribution in [0.15, 0.2) is 4.99 Å². The van der Waals surface area contributed by atoms with Crippen LogP contribution in [0.5, 0.6) is 0 Å². The van der Waals surface area contributed by atoms with E-state index in [1.165, 1.54) is 0 Å². The molecule has 0 radical (unpaired) electrons. The van der Waals surface area contributed by atoms with E-state index in [9.17, 15) is 0 Å². The molecule has 0 N–H and O–H groups in total. The van der Waals surface area contributed by atoms with Crippen LogP contribution in [-0.4, -0.2) is 69.4 Å². The molecular formula is C31H67NO4SSi4. The molecule has 1 saturated carbocycles. The Morgan fingerprint density at radius 3 is 1.17 bits per heavy atom. The molecule has 0 spiro atoms. The molecule has 0 heterocycles. The summed E-state index contributed by atoms with van der Waals surface area (Å²) < 4.78 is 29.0. The van der Waals surface area contributed by atoms with Crippen LogP contribution in [0.1, 0.15) is 83.1 Å². The van der Waals surface area contributed by atoms with Crippen LogP contribution < -0.4 is 0 Å². The molecular weight excluding hydrogens is 595 g/mol. The molecule has 5 atom stereocenters. The first kappa shape index (κ1) is 39.5. The van der Waals surface area contributed by atoms with Gasteiger partial charge in [0, 0.05) is 12.5 Å². The van der Waals surface area contributed by atoms with Crippen LogP contribution >= 0.6 is 12.2 Å². The number of nitrogens with zero attached hydrogens (tertiary/aromatic N) is 1. The van der Waals surface area contributed by atoms with E-state index in [0.29, 0.717) is 6.61 Å². The van der Waals surface area contributed by atoms with Crippen LogP contribution in [-0.2, 0) is 17.7 Å². The van der Waals surface area contributed by atoms with Gasteiger partial charge in [-0.15, -0.1) is 0 Å². The maximum absolute atomic E-state index is 7.39. The molecule has 1 rings (SSSR count). The second-order valence-corrected chi connectivity index (χ2v) is 37.7. The van der Waals surface area contributed by atoms with Crippen LogP contribution in [0.4, 0.5) is 0 Å². The fraction of sp³-hybridized carbons (Fsp3) is 0.968. The van der Waals surface area contributed by atoms with Gasteiger partial charge in [0.25, 0.3) is 0 Å². The molecule has 0 aliphatic heterocycles. The third-order valence-corrected chi connectivity index (χ3v) is 29.2. The predicted molar refractivity (Wildman–Crippen MR) is 192 cm³/mol. The molecule has 242 valence electrons. The summed E-state index contributed by atoms with van der Waals surface area (Å²) in [6, 6.07) is -0.240. The fourth-order valence-electron chi connectivity index (χ4n) is 3.98. The minimum absolute atomic E-state index is 0.0337. The maximum Gasteiger partial charge on any atom is 0.192 e. The smallest absolute Gasteiger partial charge is 0.192 e. The van der Waals surface area contributed by atoms with E-state index < -0.39 is 33.3 Å². The first-order chi connectivity index (χ1) is 17.8. The van der Waals surface area contributed by atoms with Gasteiger partial charge in [-0.1, -0.05) is 83.1 Å². The summed E-state index contributed by atoms with van der Waals surface area (Å²) in [5, 5.41) is 2.97. The highest BCUT2D eigenvalue weighted by molar-refractivity contribution is 7.78. The zero-order valence-electron chi connectivity index (χ0n) is 30.6. The molecule has 0 saturated heterocycles. The number of thiocarbonyl (C=S) groups is 1. The topological polar surface area (TPSA) is 49.3 Å². The molecule has 0 aromatic carbocycles. The summed E-state index contributed by atoms with van der Waals surface area (Å²) in [6.45, 7) is 46.7. The van der Waals surface area contributed by atoms with Gasteiger partial charge < -0.3 is 17.7 Å². The van der Waals surface area contributed by atoms with Crippen molar-refractivity contribution in [1.82, 2.24) is 0 Å². The van der Waals surface area contributed by atoms with Gasteiger partial charge in [0.2, 0.25) is 0 Å². The second-order valence-electron chi connectivity index (χ2n) is 18.5. The number of hydrogen-bond acceptors (Lipinski definition) is 6. The number of rotatable bonds is 10. The van der Waals surface area contributed by atoms with E-state index >= 15 is 0 Å². The molecule has 0 amide bonds. The third kappa shape index (κ3) is 9.27. The Balaban J connectivity index is 3.93. The van der Waals surface area contributed by atoms with Gasteiger partial charge in [-0.3, -0.25) is 0 Å². The molecule has 10 heteroatoms. The summed E-state index contributed by atoms with van der Waals surface area (Å²) in [6.07, 6.45) is -0.742. The lowest BCUT2D eigenvalue weighted by molar-refractivity contribution is -0.0125. The summed E-state index contributed by atoms with van der Waals surface area (Å²) >= 11 is 5.28. The lowest BCUT2D eigenvalue weighted by Crippen LogP contribution is -2.56. The first-order valence-corrected chi connectivity index (χ1v) is 27.6. The fourth-order valence-corrected chi connectivity index (χ4v) is 9.10. The molecule has 5 unspecified atom stereocenters. The van der Waals surface area contributed by atoms with E-state index in [2.05, 4.69) is 141 Å². The normalized spacial score (nSPS) is 25.8. The molecule has 41 heavy (non-hydrogen) atoms. The minimum Gasteiger partial charge on any atom is -0.416 e. The van der Waals surface area contributed by atoms with Crippen molar-refractivity contribution in [1.29, 1.82) is 0 Å². The SMILES string of the molecule is CC(C)(C)[Si](C)(C)OCC1C(N=C=S)C(O[Si](C)(C)C(C)(C)C)C(O[Si](C)(C)C(C)(C)C)C1O[Si](C)(C)C(C)(C)C. The van der Waals surface area contributed by atoms with Gasteiger partial charge in [-0.2, -0.15) is 0 Å². The van der Waals surface area contributed by atoms with Crippen molar-refractivity contribution in [2.45, 2.75) is 180 Å². The second kappa shape index (κ2) is 12.7. The van der Waals surface area contributed by atoms with E-state index in [4.69, 9.17) is 34.9 Å². The highest BCUT2D eigenvalue weighted by atomic mass is 32.1. The standard InChI is InChI=1S/C31H67NO4SSi4/c1-28(2,3)38(13,14)33-21-23-24(32-22-37)26(35-40(17,18)30(7,8)9)27(36-41(19,20)31(10,11)12)25(23)34-39(15,16)29(4,5)6/h23-27H,21H2,1-20H3. The van der Waals surface area contributed by atoms with Gasteiger partial charge >= 0.3 is 0 Å². The Morgan fingerprint density at radius 2 is 0.854 bits per heavy atom. The van der Waals surface area contributed by atoms with Crippen molar-refractivity contribution in [2.75, 3.05) is 6.61 Å². The Morgan fingerprint density at radius 1 is 0.537 bits per heavy atom. The minimum atomic E-state index is -2.22. The summed E-state index contributed by atoms with van der Waals surface area (Å²) in [5.41, 5.74) is 0. The Bertz CT molecular complexity index is 936. The molecule has 0 aromatic rings. The zero-order chi connectivity index (χ0) is 32.8. The number of aliphatic imine (C=N–C) groups is 1. The largest absolute Gasteiger partial charge is 0.416 e. The summed E-state index contributed by atoms with van der Waals surface area (Å²) in [5.74, 6) is -0.0433. The van der Waals surface area contributed by atoms with Crippen molar-refractivity contribution in [3.8, 4) is 0 Å². The van der Waals surface area contributed by atoms with Crippen LogP contribution in [0.25, 0.3) is 0 Å². The van der Waals surface area contributed by atoms with Crippen molar-refractivity contribution in [3.05, 3.63) is 0 Å². The van der Waals surface area contributed by atoms with Crippen LogP contribution in [0, 0.1) is 5.92 Å². The van der Waals surface area contributed by atoms with Crippen molar-refractivity contribution in [3.63, 3.8) is 0 Å². The number of isothiocyanates is 1. The van der Waals surface area contributed by atoms with Gasteiger partial charge in [-0.05, 0) is 84.7 Å². The van der Waals surface area contributed by atoms with Gasteiger partial charge in [0.05, 0.1) is 29.5 Å². The van der Waals surface area contributed by atoms with Crippen molar-refractivity contribution < 1.29 is 17.7 Å². The third-order valence-electron chi connectivity index (χ3n) is 11.2. The highest BCUT2D eigenvalue weighted by Crippen LogP contribution is 2.49. The van der Waals surface area contributed by atoms with Gasteiger partial charge in [0.1, 0.15) is 0 Å². The van der Waals surface area contributed by atoms with Crippen LogP contribution in [0.2, 0.25) is 72.5 Å². The van der Waals surface area contributed by atoms with Crippen molar-refractivity contribution >= 4 is 50.6 Å². The molecule has 0 aromatic heterocycles. The van der Waals surface area contributed by atoms with Crippen molar-refractivity contribution in [2.24, 2.45) is 10.9 Å². The van der Waals surface area contributed by atoms with E-state index in [-0.39, 0.29) is 50.4 Å². The van der Waals surface area contributed by atoms with Gasteiger partial charge in [-0.25, -0.2) is 4.99 Å². The zero-order valence-corrected chi connectivity index (χ0v) is 35.4. The average Bonchev–Trinajstić information content (AvgIpc) is 2.94. The summed E-state index contributed by atoms with van der Waals surface area (Å²) in [7, 11) is -8.68. The summed E-state index contributed by atoms with van der Waals surface area (Å²) in [4.78, 5) is 4.87. The Kier molecular flexibility index (Phi) is 12.3. The molecule has 1 aliphatic carbocycles. The Hall–Kier alpha value is 0.508. The van der Waals surface area contributed by atoms with Crippen LogP contribution in [0.3, 0.4) is 0 Å². The molecule has 5 nitrogen and oxygen atoms in total. The molecule has 0 bridgehead atoms. The lowest BCUT2D eigenvalue weighted by Gasteiger charge is -2.46. The lowest BCUT2D eigenvalue weighted by atomic mass is 10.0. The van der Waals surface area contributed by atoms with E-state index in [1.54, 1.807) is 0 Å². The predicted octanol–water partition coefficient (Wildman–Crippen LogP) is 10.3. The number of hydrogen-bond donors (Lipinski definition) is 0. The van der Waals surface area contributed by atoms with E-state index in [1.807, 2.05) is 0 Å². The Labute approximate surface area is 264 Å². The monoisotopic (exact) mass is 661 g/mol. The molecule has 1 aliphatic rings. The molecule has 1 fully saturated rings. The average molecular weight is 662 g/mol. The maximum atomic E-state index is 7.39. The quantitative estimate of drug-likeness (QED) is 0.132. The first-order valence-electron chi connectivity index (χ1n) is 15.6.